The lowest BCUT2D eigenvalue weighted by Crippen LogP contribution is -2.40. The van der Waals surface area contributed by atoms with Gasteiger partial charge in [-0.1, -0.05) is 30.3 Å². The van der Waals surface area contributed by atoms with Gasteiger partial charge >= 0.3 is 6.09 Å². The van der Waals surface area contributed by atoms with E-state index in [-0.39, 0.29) is 6.04 Å². The summed E-state index contributed by atoms with van der Waals surface area (Å²) in [6.07, 6.45) is -0.399. The zero-order chi connectivity index (χ0) is 23.0. The first-order chi connectivity index (χ1) is 14.7. The van der Waals surface area contributed by atoms with E-state index in [1.165, 1.54) is 0 Å². The van der Waals surface area contributed by atoms with Crippen LogP contribution in [0.5, 0.6) is 11.5 Å². The second-order valence-corrected chi connectivity index (χ2v) is 8.92. The first kappa shape index (κ1) is 25.0. The third kappa shape index (κ3) is 7.43. The van der Waals surface area contributed by atoms with Gasteiger partial charge in [-0.05, 0) is 66.9 Å². The van der Waals surface area contributed by atoms with Gasteiger partial charge in [-0.25, -0.2) is 4.79 Å². The molecule has 2 rings (SSSR count). The Morgan fingerprint density at radius 1 is 1.06 bits per heavy atom. The van der Waals surface area contributed by atoms with Gasteiger partial charge in [0, 0.05) is 6.54 Å². The van der Waals surface area contributed by atoms with Gasteiger partial charge in [0.1, 0.15) is 21.6 Å². The average molecular weight is 494 g/mol. The Hall–Kier alpha value is -2.25. The number of benzene rings is 2. The number of ether oxygens (including phenoxy) is 4. The van der Waals surface area contributed by atoms with Crippen LogP contribution < -0.4 is 9.47 Å². The largest absolute Gasteiger partial charge is 0.495 e. The first-order valence-electron chi connectivity index (χ1n) is 10.2. The topological polar surface area (TPSA) is 57.2 Å². The number of hydrogen-bond acceptors (Lipinski definition) is 5. The van der Waals surface area contributed by atoms with Crippen molar-refractivity contribution >= 4 is 22.0 Å². The lowest BCUT2D eigenvalue weighted by molar-refractivity contribution is 0.00766. The Morgan fingerprint density at radius 2 is 1.65 bits per heavy atom. The molecule has 7 heteroatoms. The van der Waals surface area contributed by atoms with Gasteiger partial charge in [-0.15, -0.1) is 0 Å². The van der Waals surface area contributed by atoms with E-state index in [9.17, 15) is 4.79 Å². The maximum absolute atomic E-state index is 13.0. The number of methoxy groups -OCH3 is 2. The van der Waals surface area contributed by atoms with E-state index in [1.807, 2.05) is 70.2 Å². The van der Waals surface area contributed by atoms with E-state index in [1.54, 1.807) is 19.1 Å². The van der Waals surface area contributed by atoms with Crippen LogP contribution in [0.2, 0.25) is 0 Å². The van der Waals surface area contributed by atoms with Crippen LogP contribution in [0.15, 0.2) is 46.9 Å². The normalized spacial score (nSPS) is 12.2. The molecule has 170 valence electrons. The molecule has 31 heavy (non-hydrogen) atoms. The molecule has 0 radical (unpaired) electrons. The molecular formula is C24H32BrNO5. The molecule has 0 fully saturated rings. The van der Waals surface area contributed by atoms with E-state index >= 15 is 0 Å². The molecule has 0 aliphatic heterocycles. The molecule has 0 bridgehead atoms. The van der Waals surface area contributed by atoms with Crippen molar-refractivity contribution in [2.45, 2.75) is 45.9 Å². The molecule has 2 aromatic rings. The Kier molecular flexibility index (Phi) is 9.19. The molecule has 1 amide bonds. The number of nitrogens with zero attached hydrogens (tertiary/aromatic N) is 1. The minimum Gasteiger partial charge on any atom is -0.495 e. The van der Waals surface area contributed by atoms with Gasteiger partial charge in [0.15, 0.2) is 0 Å². The van der Waals surface area contributed by atoms with Crippen LogP contribution in [0, 0.1) is 0 Å². The SMILES string of the molecule is COc1cc([C@@H](C)N(CCOCc2ccccc2)C(=O)OC(C)(C)C)cc(OC)c1Br. The van der Waals surface area contributed by atoms with Gasteiger partial charge in [0.2, 0.25) is 0 Å². The van der Waals surface area contributed by atoms with Crippen molar-refractivity contribution in [2.75, 3.05) is 27.4 Å². The first-order valence-corrected chi connectivity index (χ1v) is 11.0. The fourth-order valence-corrected chi connectivity index (χ4v) is 3.55. The van der Waals surface area contributed by atoms with Crippen LogP contribution in [-0.2, 0) is 16.1 Å². The van der Waals surface area contributed by atoms with Crippen molar-refractivity contribution in [1.29, 1.82) is 0 Å². The number of hydrogen-bond donors (Lipinski definition) is 0. The standard InChI is InChI=1S/C24H32BrNO5/c1-17(19-14-20(28-5)22(25)21(15-19)29-6)26(23(27)31-24(2,3)4)12-13-30-16-18-10-8-7-9-11-18/h7-11,14-15,17H,12-13,16H2,1-6H3/t17-/m1/s1. The maximum atomic E-state index is 13.0. The third-order valence-corrected chi connectivity index (χ3v) is 5.42. The van der Waals surface area contributed by atoms with Gasteiger partial charge in [-0.2, -0.15) is 0 Å². The number of carbonyl (C=O) groups excluding carboxylic acids is 1. The zero-order valence-electron chi connectivity index (χ0n) is 19.1. The molecule has 0 saturated carbocycles. The van der Waals surface area contributed by atoms with Crippen LogP contribution in [0.3, 0.4) is 0 Å². The highest BCUT2D eigenvalue weighted by Gasteiger charge is 2.28. The summed E-state index contributed by atoms with van der Waals surface area (Å²) in [6.45, 7) is 8.75. The van der Waals surface area contributed by atoms with E-state index in [2.05, 4.69) is 15.9 Å². The van der Waals surface area contributed by atoms with Crippen LogP contribution in [0.1, 0.15) is 44.9 Å². The summed E-state index contributed by atoms with van der Waals surface area (Å²) in [6, 6.07) is 13.4. The lowest BCUT2D eigenvalue weighted by Gasteiger charge is -2.32. The van der Waals surface area contributed by atoms with Gasteiger partial charge in [-0.3, -0.25) is 4.90 Å². The Balaban J connectivity index is 2.19. The number of amides is 1. The quantitative estimate of drug-likeness (QED) is 0.402. The summed E-state index contributed by atoms with van der Waals surface area (Å²) >= 11 is 3.49. The monoisotopic (exact) mass is 493 g/mol. The maximum Gasteiger partial charge on any atom is 0.410 e. The average Bonchev–Trinajstić information content (AvgIpc) is 2.73. The van der Waals surface area contributed by atoms with Gasteiger partial charge < -0.3 is 18.9 Å². The molecule has 6 nitrogen and oxygen atoms in total. The summed E-state index contributed by atoms with van der Waals surface area (Å²) in [5.41, 5.74) is 1.35. The summed E-state index contributed by atoms with van der Waals surface area (Å²) in [5.74, 6) is 1.26. The minimum absolute atomic E-state index is 0.286. The van der Waals surface area contributed by atoms with Crippen LogP contribution in [0.4, 0.5) is 4.79 Å². The zero-order valence-corrected chi connectivity index (χ0v) is 20.7. The van der Waals surface area contributed by atoms with Crippen molar-refractivity contribution in [3.05, 3.63) is 58.1 Å². The molecule has 0 unspecified atom stereocenters. The molecule has 0 N–H and O–H groups in total. The summed E-state index contributed by atoms with van der Waals surface area (Å²) in [7, 11) is 3.19. The highest BCUT2D eigenvalue weighted by atomic mass is 79.9. The predicted molar refractivity (Wildman–Crippen MR) is 125 cm³/mol. The van der Waals surface area contributed by atoms with Gasteiger partial charge in [0.25, 0.3) is 0 Å². The lowest BCUT2D eigenvalue weighted by atomic mass is 10.1. The Labute approximate surface area is 193 Å². The van der Waals surface area contributed by atoms with E-state index in [4.69, 9.17) is 18.9 Å². The Bertz CT molecular complexity index is 826. The van der Waals surface area contributed by atoms with Gasteiger partial charge in [0.05, 0.1) is 33.5 Å². The van der Waals surface area contributed by atoms with Crippen molar-refractivity contribution in [3.63, 3.8) is 0 Å². The fourth-order valence-electron chi connectivity index (χ4n) is 3.00. The smallest absolute Gasteiger partial charge is 0.410 e. The van der Waals surface area contributed by atoms with Crippen molar-refractivity contribution in [2.24, 2.45) is 0 Å². The third-order valence-electron chi connectivity index (χ3n) is 4.63. The fraction of sp³-hybridized carbons (Fsp3) is 0.458. The molecule has 0 spiro atoms. The van der Waals surface area contributed by atoms with Crippen LogP contribution in [0.25, 0.3) is 0 Å². The number of rotatable bonds is 9. The molecule has 0 heterocycles. The summed E-state index contributed by atoms with van der Waals surface area (Å²) in [4.78, 5) is 14.7. The second kappa shape index (κ2) is 11.4. The highest BCUT2D eigenvalue weighted by molar-refractivity contribution is 9.10. The highest BCUT2D eigenvalue weighted by Crippen LogP contribution is 2.38. The number of halogens is 1. The molecular weight excluding hydrogens is 462 g/mol. The molecule has 0 saturated heterocycles. The second-order valence-electron chi connectivity index (χ2n) is 8.13. The van der Waals surface area contributed by atoms with Crippen LogP contribution in [-0.4, -0.2) is 44.0 Å². The molecule has 0 aliphatic rings. The van der Waals surface area contributed by atoms with Crippen molar-refractivity contribution in [3.8, 4) is 11.5 Å². The van der Waals surface area contributed by atoms with Crippen molar-refractivity contribution < 1.29 is 23.7 Å². The molecule has 2 aromatic carbocycles. The number of carbonyl (C=O) groups is 1. The van der Waals surface area contributed by atoms with Crippen molar-refractivity contribution in [1.82, 2.24) is 4.90 Å². The van der Waals surface area contributed by atoms with E-state index in [0.29, 0.717) is 31.3 Å². The van der Waals surface area contributed by atoms with Crippen LogP contribution >= 0.6 is 15.9 Å². The Morgan fingerprint density at radius 3 is 2.16 bits per heavy atom. The molecule has 0 aromatic heterocycles. The summed E-state index contributed by atoms with van der Waals surface area (Å²) < 4.78 is 23.1. The summed E-state index contributed by atoms with van der Waals surface area (Å²) in [5, 5.41) is 0. The molecule has 0 aliphatic carbocycles. The minimum atomic E-state index is -0.602. The van der Waals surface area contributed by atoms with E-state index < -0.39 is 11.7 Å². The predicted octanol–water partition coefficient (Wildman–Crippen LogP) is 5.98. The van der Waals surface area contributed by atoms with E-state index in [0.717, 1.165) is 15.6 Å². The molecule has 1 atom stereocenters.